The lowest BCUT2D eigenvalue weighted by Gasteiger charge is -2.08. The summed E-state index contributed by atoms with van der Waals surface area (Å²) in [6.45, 7) is 4.14. The monoisotopic (exact) mass is 223 g/mol. The number of hydrogen-bond acceptors (Lipinski definition) is 5. The van der Waals surface area contributed by atoms with Gasteiger partial charge in [0.05, 0.1) is 18.2 Å². The number of imide groups is 1. The molecule has 6 nitrogen and oxygen atoms in total. The van der Waals surface area contributed by atoms with Crippen molar-refractivity contribution >= 4 is 11.8 Å². The molecule has 6 heteroatoms. The van der Waals surface area contributed by atoms with E-state index in [0.717, 1.165) is 17.0 Å². The van der Waals surface area contributed by atoms with Gasteiger partial charge in [-0.1, -0.05) is 5.16 Å². The number of nitrogens with zero attached hydrogens (tertiary/aromatic N) is 1. The highest BCUT2D eigenvalue weighted by molar-refractivity contribution is 6.05. The van der Waals surface area contributed by atoms with Gasteiger partial charge in [0.15, 0.2) is 0 Å². The van der Waals surface area contributed by atoms with Crippen molar-refractivity contribution in [1.82, 2.24) is 15.8 Å². The van der Waals surface area contributed by atoms with Crippen LogP contribution in [0.25, 0.3) is 0 Å². The van der Waals surface area contributed by atoms with E-state index in [0.29, 0.717) is 6.54 Å². The van der Waals surface area contributed by atoms with Crippen LogP contribution in [0.5, 0.6) is 0 Å². The molecule has 2 amide bonds. The Bertz CT molecular complexity index is 419. The molecule has 0 radical (unpaired) electrons. The van der Waals surface area contributed by atoms with Crippen LogP contribution in [0.1, 0.15) is 23.4 Å². The first kappa shape index (κ1) is 10.8. The number of carbonyl (C=O) groups is 2. The Kier molecular flexibility index (Phi) is 2.74. The lowest BCUT2D eigenvalue weighted by Crippen LogP contribution is -2.36. The zero-order chi connectivity index (χ0) is 11.7. The molecule has 16 heavy (non-hydrogen) atoms. The molecule has 1 aromatic heterocycles. The third-order valence-electron chi connectivity index (χ3n) is 2.68. The van der Waals surface area contributed by atoms with Crippen LogP contribution in [0.3, 0.4) is 0 Å². The summed E-state index contributed by atoms with van der Waals surface area (Å²) in [5.41, 5.74) is 1.74. The summed E-state index contributed by atoms with van der Waals surface area (Å²) in [6.07, 6.45) is 0.197. The number of amides is 2. The van der Waals surface area contributed by atoms with Gasteiger partial charge >= 0.3 is 0 Å². The Labute approximate surface area is 92.4 Å². The molecular formula is C10H13N3O3. The summed E-state index contributed by atoms with van der Waals surface area (Å²) in [5.74, 6) is 0.229. The van der Waals surface area contributed by atoms with Gasteiger partial charge in [0.25, 0.3) is 0 Å². The first-order chi connectivity index (χ1) is 7.58. The Balaban J connectivity index is 1.98. The molecule has 1 aromatic rings. The van der Waals surface area contributed by atoms with E-state index >= 15 is 0 Å². The van der Waals surface area contributed by atoms with E-state index in [4.69, 9.17) is 4.52 Å². The minimum atomic E-state index is -0.443. The minimum absolute atomic E-state index is 0.197. The first-order valence-corrected chi connectivity index (χ1v) is 5.06. The summed E-state index contributed by atoms with van der Waals surface area (Å²) in [7, 11) is 0. The molecule has 1 fully saturated rings. The fraction of sp³-hybridized carbons (Fsp3) is 0.500. The Morgan fingerprint density at radius 3 is 2.75 bits per heavy atom. The molecule has 0 spiro atoms. The SMILES string of the molecule is Cc1noc(C)c1CNC1CC(=O)NC1=O. The van der Waals surface area contributed by atoms with Gasteiger partial charge in [-0.25, -0.2) is 0 Å². The molecule has 2 N–H and O–H groups in total. The standard InChI is InChI=1S/C10H13N3O3/c1-5-7(6(2)16-13-5)4-11-8-3-9(14)12-10(8)15/h8,11H,3-4H2,1-2H3,(H,12,14,15). The Morgan fingerprint density at radius 1 is 1.50 bits per heavy atom. The maximum absolute atomic E-state index is 11.3. The third kappa shape index (κ3) is 1.96. The summed E-state index contributed by atoms with van der Waals surface area (Å²) in [6, 6.07) is -0.443. The van der Waals surface area contributed by atoms with E-state index in [1.807, 2.05) is 13.8 Å². The summed E-state index contributed by atoms with van der Waals surface area (Å²) < 4.78 is 5.00. The zero-order valence-electron chi connectivity index (χ0n) is 9.16. The van der Waals surface area contributed by atoms with E-state index < -0.39 is 6.04 Å². The van der Waals surface area contributed by atoms with Crippen molar-refractivity contribution in [2.24, 2.45) is 0 Å². The van der Waals surface area contributed by atoms with Gasteiger partial charge in [-0.05, 0) is 13.8 Å². The predicted molar refractivity (Wildman–Crippen MR) is 54.4 cm³/mol. The van der Waals surface area contributed by atoms with Crippen molar-refractivity contribution in [1.29, 1.82) is 0 Å². The van der Waals surface area contributed by atoms with E-state index in [9.17, 15) is 9.59 Å². The van der Waals surface area contributed by atoms with Crippen LogP contribution in [0, 0.1) is 13.8 Å². The van der Waals surface area contributed by atoms with Crippen molar-refractivity contribution in [2.45, 2.75) is 32.9 Å². The van der Waals surface area contributed by atoms with Crippen LogP contribution >= 0.6 is 0 Å². The van der Waals surface area contributed by atoms with Gasteiger partial charge in [0.1, 0.15) is 5.76 Å². The maximum Gasteiger partial charge on any atom is 0.244 e. The van der Waals surface area contributed by atoms with Crippen LogP contribution in [0.15, 0.2) is 4.52 Å². The van der Waals surface area contributed by atoms with Crippen LogP contribution in [0.4, 0.5) is 0 Å². The van der Waals surface area contributed by atoms with Crippen LogP contribution in [0.2, 0.25) is 0 Å². The quantitative estimate of drug-likeness (QED) is 0.693. The average molecular weight is 223 g/mol. The average Bonchev–Trinajstić information content (AvgIpc) is 2.69. The van der Waals surface area contributed by atoms with Crippen molar-refractivity contribution in [3.63, 3.8) is 0 Å². The molecule has 0 bridgehead atoms. The number of nitrogens with one attached hydrogen (secondary N) is 2. The first-order valence-electron chi connectivity index (χ1n) is 5.06. The molecule has 2 rings (SSSR count). The number of hydrogen-bond donors (Lipinski definition) is 2. The number of aromatic nitrogens is 1. The minimum Gasteiger partial charge on any atom is -0.361 e. The van der Waals surface area contributed by atoms with E-state index in [1.54, 1.807) is 0 Å². The molecular weight excluding hydrogens is 210 g/mol. The molecule has 2 heterocycles. The molecule has 0 saturated carbocycles. The van der Waals surface area contributed by atoms with Gasteiger partial charge in [0, 0.05) is 12.1 Å². The highest BCUT2D eigenvalue weighted by Gasteiger charge is 2.30. The lowest BCUT2D eigenvalue weighted by molar-refractivity contribution is -0.125. The molecule has 86 valence electrons. The number of aryl methyl sites for hydroxylation is 2. The summed E-state index contributed by atoms with van der Waals surface area (Å²) >= 11 is 0. The lowest BCUT2D eigenvalue weighted by atomic mass is 10.2. The second kappa shape index (κ2) is 4.05. The zero-order valence-corrected chi connectivity index (χ0v) is 9.16. The highest BCUT2D eigenvalue weighted by Crippen LogP contribution is 2.12. The predicted octanol–water partition coefficient (Wildman–Crippen LogP) is -0.204. The number of carbonyl (C=O) groups excluding carboxylic acids is 2. The third-order valence-corrected chi connectivity index (χ3v) is 2.68. The second-order valence-electron chi connectivity index (χ2n) is 3.85. The molecule has 1 saturated heterocycles. The van der Waals surface area contributed by atoms with Crippen LogP contribution in [-0.2, 0) is 16.1 Å². The van der Waals surface area contributed by atoms with Gasteiger partial charge < -0.3 is 9.84 Å². The van der Waals surface area contributed by atoms with E-state index in [-0.39, 0.29) is 18.2 Å². The van der Waals surface area contributed by atoms with Gasteiger partial charge in [-0.3, -0.25) is 14.9 Å². The van der Waals surface area contributed by atoms with Crippen molar-refractivity contribution in [3.05, 3.63) is 17.0 Å². The summed E-state index contributed by atoms with van der Waals surface area (Å²) in [5, 5.41) is 9.07. The topological polar surface area (TPSA) is 84.2 Å². The van der Waals surface area contributed by atoms with Crippen molar-refractivity contribution in [3.8, 4) is 0 Å². The van der Waals surface area contributed by atoms with Crippen LogP contribution in [-0.4, -0.2) is 23.0 Å². The largest absolute Gasteiger partial charge is 0.361 e. The highest BCUT2D eigenvalue weighted by atomic mass is 16.5. The van der Waals surface area contributed by atoms with Crippen LogP contribution < -0.4 is 10.6 Å². The van der Waals surface area contributed by atoms with Gasteiger partial charge in [-0.15, -0.1) is 0 Å². The Hall–Kier alpha value is -1.69. The fourth-order valence-corrected chi connectivity index (χ4v) is 1.70. The van der Waals surface area contributed by atoms with E-state index in [1.165, 1.54) is 0 Å². The Morgan fingerprint density at radius 2 is 2.25 bits per heavy atom. The van der Waals surface area contributed by atoms with Gasteiger partial charge in [0.2, 0.25) is 11.8 Å². The van der Waals surface area contributed by atoms with Gasteiger partial charge in [-0.2, -0.15) is 0 Å². The smallest absolute Gasteiger partial charge is 0.244 e. The van der Waals surface area contributed by atoms with Crippen molar-refractivity contribution < 1.29 is 14.1 Å². The molecule has 1 aliphatic rings. The molecule has 0 aliphatic carbocycles. The molecule has 1 atom stereocenters. The normalized spacial score (nSPS) is 20.2. The van der Waals surface area contributed by atoms with Crippen molar-refractivity contribution in [2.75, 3.05) is 0 Å². The molecule has 1 aliphatic heterocycles. The second-order valence-corrected chi connectivity index (χ2v) is 3.85. The molecule has 1 unspecified atom stereocenters. The molecule has 0 aromatic carbocycles. The van der Waals surface area contributed by atoms with E-state index in [2.05, 4.69) is 15.8 Å². The number of rotatable bonds is 3. The fourth-order valence-electron chi connectivity index (χ4n) is 1.70. The maximum atomic E-state index is 11.3. The summed E-state index contributed by atoms with van der Waals surface area (Å²) in [4.78, 5) is 22.2.